The van der Waals surface area contributed by atoms with Gasteiger partial charge in [-0.2, -0.15) is 0 Å². The first-order valence-corrected chi connectivity index (χ1v) is 4.74. The monoisotopic (exact) mass is 209 g/mol. The topological polar surface area (TPSA) is 71.6 Å². The van der Waals surface area contributed by atoms with Crippen molar-refractivity contribution >= 4 is 5.96 Å². The normalized spacial score (nSPS) is 9.67. The lowest BCUT2D eigenvalue weighted by molar-refractivity contribution is -0.263. The second-order valence-corrected chi connectivity index (χ2v) is 2.88. The lowest BCUT2D eigenvalue weighted by atomic mass is 10.3. The quantitative estimate of drug-likeness (QED) is 0.438. The van der Waals surface area contributed by atoms with E-state index in [-0.39, 0.29) is 5.96 Å². The van der Waals surface area contributed by atoms with E-state index in [1.165, 1.54) is 0 Å². The zero-order valence-corrected chi connectivity index (χ0v) is 8.64. The molecule has 0 spiro atoms. The highest BCUT2D eigenvalue weighted by atomic mass is 17.0. The molecule has 1 rings (SSSR count). The predicted octanol–water partition coefficient (Wildman–Crippen LogP) is 1.52. The fraction of sp³-hybridized carbons (Fsp3) is 0.300. The van der Waals surface area contributed by atoms with E-state index in [4.69, 9.17) is 20.8 Å². The van der Waals surface area contributed by atoms with Gasteiger partial charge in [-0.3, -0.25) is 5.41 Å². The molecule has 0 aliphatic heterocycles. The Hall–Kier alpha value is -1.75. The smallest absolute Gasteiger partial charge is 0.253 e. The Morgan fingerprint density at radius 1 is 1.40 bits per heavy atom. The summed E-state index contributed by atoms with van der Waals surface area (Å²) >= 11 is 0. The summed E-state index contributed by atoms with van der Waals surface area (Å²) < 4.78 is 0. The third kappa shape index (κ3) is 3.86. The van der Waals surface area contributed by atoms with Crippen LogP contribution in [-0.2, 0) is 4.84 Å². The van der Waals surface area contributed by atoms with Gasteiger partial charge in [0.25, 0.3) is 5.96 Å². The van der Waals surface area contributed by atoms with Gasteiger partial charge in [-0.1, -0.05) is 25.1 Å². The van der Waals surface area contributed by atoms with E-state index in [0.29, 0.717) is 12.4 Å². The minimum Gasteiger partial charge on any atom is -0.365 e. The molecule has 0 atom stereocenters. The largest absolute Gasteiger partial charge is 0.365 e. The second kappa shape index (κ2) is 5.87. The second-order valence-electron chi connectivity index (χ2n) is 2.88. The van der Waals surface area contributed by atoms with Gasteiger partial charge < -0.3 is 10.6 Å². The average molecular weight is 209 g/mol. The minimum absolute atomic E-state index is 0.285. The van der Waals surface area contributed by atoms with Gasteiger partial charge in [0.2, 0.25) is 0 Å². The highest BCUT2D eigenvalue weighted by Crippen LogP contribution is 2.10. The molecule has 0 bridgehead atoms. The summed E-state index contributed by atoms with van der Waals surface area (Å²) in [5, 5.41) is 8.13. The zero-order valence-electron chi connectivity index (χ0n) is 8.64. The molecule has 3 N–H and O–H groups in total. The molecular weight excluding hydrogens is 194 g/mol. The maximum Gasteiger partial charge on any atom is 0.253 e. The van der Waals surface area contributed by atoms with Crippen LogP contribution < -0.4 is 10.6 Å². The SMILES string of the molecule is CCCON(Oc1ccccc1)C(=N)N. The van der Waals surface area contributed by atoms with Crippen LogP contribution in [0.3, 0.4) is 0 Å². The average Bonchev–Trinajstić information content (AvgIpc) is 2.25. The Morgan fingerprint density at radius 3 is 2.60 bits per heavy atom. The molecule has 0 aliphatic carbocycles. The van der Waals surface area contributed by atoms with Gasteiger partial charge in [0.05, 0.1) is 6.61 Å². The van der Waals surface area contributed by atoms with Crippen LogP contribution in [-0.4, -0.2) is 17.8 Å². The number of benzene rings is 1. The van der Waals surface area contributed by atoms with Crippen molar-refractivity contribution in [1.29, 1.82) is 5.41 Å². The zero-order chi connectivity index (χ0) is 11.1. The number of nitrogens with two attached hydrogens (primary N) is 1. The minimum atomic E-state index is -0.285. The van der Waals surface area contributed by atoms with Crippen LogP contribution in [0.15, 0.2) is 30.3 Å². The van der Waals surface area contributed by atoms with E-state index in [1.807, 2.05) is 25.1 Å². The van der Waals surface area contributed by atoms with E-state index in [2.05, 4.69) is 0 Å². The molecule has 0 aliphatic rings. The lowest BCUT2D eigenvalue weighted by Crippen LogP contribution is -2.39. The van der Waals surface area contributed by atoms with Gasteiger partial charge in [-0.05, 0) is 23.8 Å². The van der Waals surface area contributed by atoms with Crippen LogP contribution in [0.5, 0.6) is 5.75 Å². The van der Waals surface area contributed by atoms with E-state index in [9.17, 15) is 0 Å². The summed E-state index contributed by atoms with van der Waals surface area (Å²) in [6.45, 7) is 2.41. The van der Waals surface area contributed by atoms with Crippen LogP contribution in [0.1, 0.15) is 13.3 Å². The van der Waals surface area contributed by atoms with Gasteiger partial charge in [-0.25, -0.2) is 4.84 Å². The molecule has 0 amide bonds. The molecule has 0 radical (unpaired) electrons. The van der Waals surface area contributed by atoms with E-state index >= 15 is 0 Å². The molecule has 0 aromatic heterocycles. The number of nitrogens with one attached hydrogen (secondary N) is 1. The lowest BCUT2D eigenvalue weighted by Gasteiger charge is -2.20. The van der Waals surface area contributed by atoms with Crippen LogP contribution in [0.25, 0.3) is 0 Å². The third-order valence-corrected chi connectivity index (χ3v) is 1.54. The Labute approximate surface area is 88.8 Å². The molecule has 1 aromatic carbocycles. The maximum absolute atomic E-state index is 7.23. The molecule has 0 fully saturated rings. The highest BCUT2D eigenvalue weighted by molar-refractivity contribution is 5.72. The molecule has 0 saturated carbocycles. The Kier molecular flexibility index (Phi) is 4.43. The summed E-state index contributed by atoms with van der Waals surface area (Å²) in [7, 11) is 0. The van der Waals surface area contributed by atoms with Crippen LogP contribution in [0, 0.1) is 5.41 Å². The first-order chi connectivity index (χ1) is 7.24. The van der Waals surface area contributed by atoms with Gasteiger partial charge in [0.1, 0.15) is 0 Å². The molecule has 0 saturated heterocycles. The van der Waals surface area contributed by atoms with Crippen molar-refractivity contribution in [2.24, 2.45) is 5.73 Å². The number of hydroxylamine groups is 2. The summed E-state index contributed by atoms with van der Waals surface area (Å²) in [5.74, 6) is 0.288. The van der Waals surface area contributed by atoms with Crippen molar-refractivity contribution in [2.75, 3.05) is 6.61 Å². The molecular formula is C10H15N3O2. The number of rotatable bonds is 5. The standard InChI is InChI=1S/C10H15N3O2/c1-2-8-14-13(10(11)12)15-9-6-4-3-5-7-9/h3-7H,2,8H2,1H3,(H3,11,12). The summed E-state index contributed by atoms with van der Waals surface area (Å²) in [6.07, 6.45) is 0.821. The van der Waals surface area contributed by atoms with Gasteiger partial charge in [0.15, 0.2) is 5.75 Å². The molecule has 1 aromatic rings. The van der Waals surface area contributed by atoms with Crippen molar-refractivity contribution in [3.63, 3.8) is 0 Å². The van der Waals surface area contributed by atoms with Gasteiger partial charge >= 0.3 is 0 Å². The Bertz CT molecular complexity index is 303. The van der Waals surface area contributed by atoms with E-state index < -0.39 is 0 Å². The van der Waals surface area contributed by atoms with Gasteiger partial charge in [-0.15, -0.1) is 0 Å². The summed E-state index contributed by atoms with van der Waals surface area (Å²) in [6, 6.07) is 9.04. The summed E-state index contributed by atoms with van der Waals surface area (Å²) in [5.41, 5.74) is 5.28. The van der Waals surface area contributed by atoms with Crippen molar-refractivity contribution in [3.8, 4) is 5.75 Å². The van der Waals surface area contributed by atoms with Crippen LogP contribution in [0.2, 0.25) is 0 Å². The number of hydrogen-bond acceptors (Lipinski definition) is 3. The molecule has 5 nitrogen and oxygen atoms in total. The van der Waals surface area contributed by atoms with Crippen LogP contribution >= 0.6 is 0 Å². The number of para-hydroxylation sites is 1. The van der Waals surface area contributed by atoms with Crippen molar-refractivity contribution in [3.05, 3.63) is 30.3 Å². The van der Waals surface area contributed by atoms with Crippen molar-refractivity contribution < 1.29 is 9.68 Å². The molecule has 15 heavy (non-hydrogen) atoms. The number of hydrogen-bond donors (Lipinski definition) is 2. The van der Waals surface area contributed by atoms with E-state index in [1.54, 1.807) is 12.1 Å². The fourth-order valence-corrected chi connectivity index (χ4v) is 0.896. The van der Waals surface area contributed by atoms with E-state index in [0.717, 1.165) is 11.6 Å². The maximum atomic E-state index is 7.23. The Morgan fingerprint density at radius 2 is 2.07 bits per heavy atom. The van der Waals surface area contributed by atoms with Crippen molar-refractivity contribution in [2.45, 2.75) is 13.3 Å². The molecule has 5 heteroatoms. The predicted molar refractivity (Wildman–Crippen MR) is 57.1 cm³/mol. The first-order valence-electron chi connectivity index (χ1n) is 4.74. The fourth-order valence-electron chi connectivity index (χ4n) is 0.896. The summed E-state index contributed by atoms with van der Waals surface area (Å²) in [4.78, 5) is 10.4. The highest BCUT2D eigenvalue weighted by Gasteiger charge is 2.08. The Balaban J connectivity index is 2.55. The first kappa shape index (κ1) is 11.3. The molecule has 0 unspecified atom stereocenters. The molecule has 82 valence electrons. The van der Waals surface area contributed by atoms with Gasteiger partial charge in [0, 0.05) is 0 Å². The van der Waals surface area contributed by atoms with Crippen molar-refractivity contribution in [1.82, 2.24) is 5.23 Å². The van der Waals surface area contributed by atoms with Crippen LogP contribution in [0.4, 0.5) is 0 Å². The molecule has 0 heterocycles. The number of guanidine groups is 1. The number of nitrogens with zero attached hydrogens (tertiary/aromatic N) is 1. The third-order valence-electron chi connectivity index (χ3n) is 1.54.